The fourth-order valence-corrected chi connectivity index (χ4v) is 3.92. The first-order valence-corrected chi connectivity index (χ1v) is 11.3. The highest BCUT2D eigenvalue weighted by atomic mass is 19.1. The summed E-state index contributed by atoms with van der Waals surface area (Å²) in [5, 5.41) is 2.80. The Hall–Kier alpha value is -4.12. The fraction of sp³-hybridized carbons (Fsp3) is 0.280. The lowest BCUT2D eigenvalue weighted by Gasteiger charge is -2.20. The number of carbonyl (C=O) groups excluding carboxylic acids is 1. The monoisotopic (exact) mass is 496 g/mol. The zero-order chi connectivity index (χ0) is 25.8. The number of fused-ring (bicyclic) bond motifs is 1. The van der Waals surface area contributed by atoms with E-state index in [4.69, 9.17) is 9.47 Å². The number of rotatable bonds is 9. The van der Waals surface area contributed by atoms with Crippen molar-refractivity contribution < 1.29 is 23.0 Å². The first-order valence-electron chi connectivity index (χ1n) is 11.3. The number of halogens is 2. The largest absolute Gasteiger partial charge is 0.494 e. The molecule has 4 aromatic rings. The van der Waals surface area contributed by atoms with Crippen LogP contribution in [0.25, 0.3) is 22.2 Å². The molecular weight excluding hydrogens is 470 g/mol. The van der Waals surface area contributed by atoms with Crippen molar-refractivity contribution in [3.63, 3.8) is 0 Å². The minimum atomic E-state index is -0.918. The average molecular weight is 497 g/mol. The van der Waals surface area contributed by atoms with Crippen molar-refractivity contribution in [2.45, 2.75) is 20.5 Å². The van der Waals surface area contributed by atoms with Gasteiger partial charge in [0.1, 0.15) is 5.52 Å². The molecule has 1 amide bonds. The van der Waals surface area contributed by atoms with Crippen molar-refractivity contribution in [2.75, 3.05) is 32.6 Å². The first-order chi connectivity index (χ1) is 17.4. The summed E-state index contributed by atoms with van der Waals surface area (Å²) in [5.41, 5.74) is 0.206. The number of imidazole rings is 1. The molecule has 0 aliphatic rings. The molecule has 0 bridgehead atoms. The molecule has 0 aliphatic carbocycles. The molecule has 2 aromatic carbocycles. The van der Waals surface area contributed by atoms with E-state index in [1.54, 1.807) is 12.4 Å². The predicted octanol–water partition coefficient (Wildman–Crippen LogP) is 4.34. The predicted molar refractivity (Wildman–Crippen MR) is 131 cm³/mol. The van der Waals surface area contributed by atoms with E-state index in [1.165, 1.54) is 38.7 Å². The number of benzene rings is 2. The van der Waals surface area contributed by atoms with Crippen LogP contribution in [0.5, 0.6) is 11.5 Å². The fourth-order valence-electron chi connectivity index (χ4n) is 3.92. The molecule has 2 aromatic heterocycles. The second-order valence-corrected chi connectivity index (χ2v) is 7.82. The van der Waals surface area contributed by atoms with Crippen LogP contribution in [0.4, 0.5) is 14.7 Å². The van der Waals surface area contributed by atoms with E-state index in [-0.39, 0.29) is 33.7 Å². The Bertz CT molecular complexity index is 1380. The Labute approximate surface area is 206 Å². The Morgan fingerprint density at radius 1 is 0.972 bits per heavy atom. The van der Waals surface area contributed by atoms with Gasteiger partial charge < -0.3 is 14.0 Å². The van der Waals surface area contributed by atoms with E-state index < -0.39 is 23.1 Å². The van der Waals surface area contributed by atoms with Gasteiger partial charge >= 0.3 is 0 Å². The molecule has 9 nitrogen and oxygen atoms in total. The van der Waals surface area contributed by atoms with Crippen molar-refractivity contribution in [1.82, 2.24) is 24.4 Å². The van der Waals surface area contributed by atoms with E-state index in [1.807, 2.05) is 4.57 Å². The molecule has 4 rings (SSSR count). The van der Waals surface area contributed by atoms with Gasteiger partial charge in [0.25, 0.3) is 5.91 Å². The van der Waals surface area contributed by atoms with Crippen LogP contribution < -0.4 is 14.8 Å². The van der Waals surface area contributed by atoms with Crippen molar-refractivity contribution >= 4 is 22.9 Å². The normalized spacial score (nSPS) is 11.2. The van der Waals surface area contributed by atoms with E-state index in [0.717, 1.165) is 19.2 Å². The molecule has 0 fully saturated rings. The van der Waals surface area contributed by atoms with Crippen LogP contribution in [-0.4, -0.2) is 57.6 Å². The Kier molecular flexibility index (Phi) is 7.39. The van der Waals surface area contributed by atoms with E-state index in [2.05, 4.69) is 39.0 Å². The minimum absolute atomic E-state index is 0.102. The molecule has 0 spiro atoms. The maximum atomic E-state index is 15.2. The molecule has 36 heavy (non-hydrogen) atoms. The lowest BCUT2D eigenvalue weighted by Crippen LogP contribution is -2.27. The van der Waals surface area contributed by atoms with Gasteiger partial charge in [-0.25, -0.2) is 13.8 Å². The van der Waals surface area contributed by atoms with E-state index in [0.29, 0.717) is 12.6 Å². The van der Waals surface area contributed by atoms with Gasteiger partial charge in [-0.2, -0.15) is 0 Å². The molecule has 0 saturated heterocycles. The lowest BCUT2D eigenvalue weighted by molar-refractivity contribution is 0.102. The zero-order valence-electron chi connectivity index (χ0n) is 20.4. The molecule has 1 N–H and O–H groups in total. The van der Waals surface area contributed by atoms with Crippen LogP contribution in [0.15, 0.2) is 43.0 Å². The smallest absolute Gasteiger partial charge is 0.260 e. The highest BCUT2D eigenvalue weighted by molar-refractivity contribution is 6.13. The van der Waals surface area contributed by atoms with Gasteiger partial charge in [-0.05, 0) is 19.2 Å². The van der Waals surface area contributed by atoms with E-state index >= 15 is 8.78 Å². The number of anilines is 1. The quantitative estimate of drug-likeness (QED) is 0.368. The minimum Gasteiger partial charge on any atom is -0.494 e. The topological polar surface area (TPSA) is 94.4 Å². The third kappa shape index (κ3) is 4.57. The second-order valence-electron chi connectivity index (χ2n) is 7.82. The number of hydrogen-bond acceptors (Lipinski definition) is 7. The number of ether oxygens (including phenoxy) is 2. The lowest BCUT2D eigenvalue weighted by atomic mass is 9.99. The summed E-state index contributed by atoms with van der Waals surface area (Å²) in [5.74, 6) is -2.34. The summed E-state index contributed by atoms with van der Waals surface area (Å²) in [4.78, 5) is 28.2. The second kappa shape index (κ2) is 10.6. The molecule has 11 heteroatoms. The standard InChI is InChI=1S/C25H26F2N6O3/c1-5-32(6-2)14-33-12-11-30-25(33)31-24(34)16-8-7-15(22-23(16)29-10-9-28-22)19-20(26)17(35-3)13-18(36-4)21(19)27/h7-13H,5-6,14H2,1-4H3,(H,30,31,34). The van der Waals surface area contributed by atoms with Crippen molar-refractivity contribution in [1.29, 1.82) is 0 Å². The number of nitrogens with zero attached hydrogens (tertiary/aromatic N) is 5. The number of carbonyl (C=O) groups is 1. The van der Waals surface area contributed by atoms with Crippen molar-refractivity contribution in [2.24, 2.45) is 0 Å². The van der Waals surface area contributed by atoms with Crippen molar-refractivity contribution in [3.8, 4) is 22.6 Å². The van der Waals surface area contributed by atoms with Crippen LogP contribution in [0.1, 0.15) is 24.2 Å². The van der Waals surface area contributed by atoms with Gasteiger partial charge in [0.2, 0.25) is 5.95 Å². The van der Waals surface area contributed by atoms with Crippen LogP contribution in [0.3, 0.4) is 0 Å². The maximum absolute atomic E-state index is 15.2. The summed E-state index contributed by atoms with van der Waals surface area (Å²) in [6.07, 6.45) is 6.17. The van der Waals surface area contributed by atoms with E-state index in [9.17, 15) is 4.79 Å². The number of amides is 1. The summed E-state index contributed by atoms with van der Waals surface area (Å²) in [6.45, 7) is 6.33. The Balaban J connectivity index is 1.78. The number of hydrogen-bond donors (Lipinski definition) is 1. The maximum Gasteiger partial charge on any atom is 0.260 e. The third-order valence-corrected chi connectivity index (χ3v) is 5.90. The van der Waals surface area contributed by atoms with Gasteiger partial charge in [-0.3, -0.25) is 25.0 Å². The highest BCUT2D eigenvalue weighted by Crippen LogP contribution is 2.40. The molecule has 0 unspecified atom stereocenters. The first kappa shape index (κ1) is 25.0. The van der Waals surface area contributed by atoms with Crippen LogP contribution in [0, 0.1) is 11.6 Å². The summed E-state index contributed by atoms with van der Waals surface area (Å²) < 4.78 is 42.4. The number of nitrogens with one attached hydrogen (secondary N) is 1. The van der Waals surface area contributed by atoms with Gasteiger partial charge in [0, 0.05) is 36.4 Å². The van der Waals surface area contributed by atoms with Gasteiger partial charge in [0.15, 0.2) is 23.1 Å². The van der Waals surface area contributed by atoms with Gasteiger partial charge in [-0.15, -0.1) is 0 Å². The Morgan fingerprint density at radius 2 is 1.61 bits per heavy atom. The number of methoxy groups -OCH3 is 2. The van der Waals surface area contributed by atoms with Crippen LogP contribution in [0.2, 0.25) is 0 Å². The molecule has 0 radical (unpaired) electrons. The molecule has 0 aliphatic heterocycles. The third-order valence-electron chi connectivity index (χ3n) is 5.90. The van der Waals surface area contributed by atoms with Crippen molar-refractivity contribution in [3.05, 3.63) is 60.2 Å². The SMILES string of the molecule is CCN(CC)Cn1ccnc1NC(=O)c1ccc(-c2c(F)c(OC)cc(OC)c2F)c2nccnc12. The van der Waals surface area contributed by atoms with Gasteiger partial charge in [-0.1, -0.05) is 19.9 Å². The van der Waals surface area contributed by atoms with Gasteiger partial charge in [0.05, 0.1) is 37.5 Å². The molecule has 2 heterocycles. The molecule has 0 saturated carbocycles. The molecular formula is C25H26F2N6O3. The average Bonchev–Trinajstić information content (AvgIpc) is 3.33. The molecule has 0 atom stereocenters. The summed E-state index contributed by atoms with van der Waals surface area (Å²) in [7, 11) is 2.55. The summed E-state index contributed by atoms with van der Waals surface area (Å²) >= 11 is 0. The highest BCUT2D eigenvalue weighted by Gasteiger charge is 2.25. The molecule has 188 valence electrons. The summed E-state index contributed by atoms with van der Waals surface area (Å²) in [6, 6.07) is 4.00. The number of aromatic nitrogens is 4. The van der Waals surface area contributed by atoms with Crippen LogP contribution >= 0.6 is 0 Å². The Morgan fingerprint density at radius 3 is 2.22 bits per heavy atom. The zero-order valence-corrected chi connectivity index (χ0v) is 20.4. The van der Waals surface area contributed by atoms with Crippen LogP contribution in [-0.2, 0) is 6.67 Å².